The van der Waals surface area contributed by atoms with Crippen molar-refractivity contribution in [2.75, 3.05) is 13.2 Å². The van der Waals surface area contributed by atoms with E-state index in [1.807, 2.05) is 0 Å². The van der Waals surface area contributed by atoms with Gasteiger partial charge in [-0.05, 0) is 111 Å². The van der Waals surface area contributed by atoms with Crippen molar-refractivity contribution in [1.29, 1.82) is 0 Å². The summed E-state index contributed by atoms with van der Waals surface area (Å²) in [6, 6.07) is 0. The largest absolute Gasteiger partial charge is 0.481 e. The Morgan fingerprint density at radius 1 is 0.887 bits per heavy atom. The van der Waals surface area contributed by atoms with Gasteiger partial charge in [0.25, 0.3) is 0 Å². The maximum atomic E-state index is 13.0. The van der Waals surface area contributed by atoms with Crippen LogP contribution in [0.4, 0.5) is 0 Å². The van der Waals surface area contributed by atoms with Gasteiger partial charge in [-0.25, -0.2) is 0 Å². The molecule has 0 aromatic rings. The molecule has 0 bridgehead atoms. The van der Waals surface area contributed by atoms with Gasteiger partial charge < -0.3 is 54.7 Å². The fourth-order valence-electron chi connectivity index (χ4n) is 13.4. The third-order valence-electron chi connectivity index (χ3n) is 16.9. The van der Waals surface area contributed by atoms with E-state index in [4.69, 9.17) is 18.9 Å². The number of carboxylic acids is 1. The summed E-state index contributed by atoms with van der Waals surface area (Å²) >= 11 is 0. The Balaban J connectivity index is 1.14. The third-order valence-corrected chi connectivity index (χ3v) is 16.9. The Labute approximate surface area is 314 Å². The van der Waals surface area contributed by atoms with Crippen LogP contribution in [-0.4, -0.2) is 116 Å². The van der Waals surface area contributed by atoms with Crippen molar-refractivity contribution in [2.45, 2.75) is 174 Å². The molecule has 7 N–H and O–H groups in total. The molecular formula is C41H66O12. The van der Waals surface area contributed by atoms with E-state index in [1.54, 1.807) is 0 Å². The zero-order chi connectivity index (χ0) is 38.7. The number of aliphatic hydroxyl groups is 6. The molecule has 12 heteroatoms. The molecule has 2 heterocycles. The Morgan fingerprint density at radius 3 is 2.26 bits per heavy atom. The molecule has 18 unspecified atom stereocenters. The van der Waals surface area contributed by atoms with E-state index >= 15 is 0 Å². The number of aliphatic carboxylic acids is 1. The summed E-state index contributed by atoms with van der Waals surface area (Å²) in [6.45, 7) is 15.3. The number of carbonyl (C=O) groups is 1. The van der Waals surface area contributed by atoms with Crippen LogP contribution in [-0.2, 0) is 23.7 Å². The Kier molecular flexibility index (Phi) is 10.2. The second kappa shape index (κ2) is 13.5. The number of aliphatic hydroxyl groups excluding tert-OH is 6. The first-order chi connectivity index (χ1) is 24.7. The van der Waals surface area contributed by atoms with Crippen LogP contribution >= 0.6 is 0 Å². The number of carboxylic acid groups (broad SMARTS) is 1. The van der Waals surface area contributed by atoms with Crippen LogP contribution in [0.3, 0.4) is 0 Å². The van der Waals surface area contributed by atoms with Crippen molar-refractivity contribution >= 4 is 5.97 Å². The van der Waals surface area contributed by atoms with Gasteiger partial charge in [-0.3, -0.25) is 4.79 Å². The van der Waals surface area contributed by atoms with Gasteiger partial charge in [0.15, 0.2) is 12.6 Å². The van der Waals surface area contributed by atoms with Crippen molar-refractivity contribution in [3.05, 3.63) is 11.6 Å². The number of fused-ring (bicyclic) bond motifs is 9. The van der Waals surface area contributed by atoms with E-state index in [9.17, 15) is 40.5 Å². The maximum Gasteiger partial charge on any atom is 0.310 e. The van der Waals surface area contributed by atoms with Crippen LogP contribution in [0.1, 0.15) is 113 Å². The molecule has 0 radical (unpaired) electrons. The lowest BCUT2D eigenvalue weighted by Gasteiger charge is -2.72. The summed E-state index contributed by atoms with van der Waals surface area (Å²) < 4.78 is 24.8. The molecule has 4 saturated carbocycles. The summed E-state index contributed by atoms with van der Waals surface area (Å²) in [6.07, 6.45) is -1.76. The van der Waals surface area contributed by atoms with Gasteiger partial charge in [-0.15, -0.1) is 0 Å². The predicted octanol–water partition coefficient (Wildman–Crippen LogP) is 3.52. The van der Waals surface area contributed by atoms with E-state index in [0.29, 0.717) is 12.5 Å². The molecule has 5 aliphatic carbocycles. The van der Waals surface area contributed by atoms with Crippen LogP contribution in [0.2, 0.25) is 0 Å². The zero-order valence-electron chi connectivity index (χ0n) is 32.7. The molecule has 0 aromatic heterocycles. The van der Waals surface area contributed by atoms with E-state index in [0.717, 1.165) is 64.2 Å². The first-order valence-corrected chi connectivity index (χ1v) is 20.2. The van der Waals surface area contributed by atoms with Gasteiger partial charge in [0.2, 0.25) is 0 Å². The van der Waals surface area contributed by atoms with Gasteiger partial charge in [0.05, 0.1) is 30.8 Å². The molecule has 7 rings (SSSR count). The lowest BCUT2D eigenvalue weighted by Crippen LogP contribution is -2.68. The average Bonchev–Trinajstić information content (AvgIpc) is 3.10. The molecule has 2 saturated heterocycles. The quantitative estimate of drug-likeness (QED) is 0.188. The highest BCUT2D eigenvalue weighted by Crippen LogP contribution is 2.76. The summed E-state index contributed by atoms with van der Waals surface area (Å²) in [5, 5.41) is 73.4. The van der Waals surface area contributed by atoms with Crippen molar-refractivity contribution in [1.82, 2.24) is 0 Å². The van der Waals surface area contributed by atoms with Crippen LogP contribution in [0.25, 0.3) is 0 Å². The number of ether oxygens (including phenoxy) is 4. The molecule has 12 nitrogen and oxygen atoms in total. The second-order valence-electron chi connectivity index (χ2n) is 20.0. The standard InChI is InChI=1S/C41H66O12/c1-21-28(44)30(46)31(47)33(51-21)53-32(29(45)24(43)19-42)34-50-20-38(5)25-10-13-40(7)26(37(25,4)12-11-27(38)52-34)9-8-22-23-18-36(2,3)14-16-41(23,35(48)49)17-15-39(22,40)6/h8,21,23-34,42-47H,9-20H2,1-7H3,(H,48,49). The fraction of sp³-hybridized carbons (Fsp3) is 0.927. The minimum absolute atomic E-state index is 0.00368. The molecule has 2 aliphatic heterocycles. The van der Waals surface area contributed by atoms with E-state index in [-0.39, 0.29) is 45.0 Å². The van der Waals surface area contributed by atoms with Gasteiger partial charge >= 0.3 is 5.97 Å². The van der Waals surface area contributed by atoms with Gasteiger partial charge in [0, 0.05) is 5.41 Å². The first-order valence-electron chi connectivity index (χ1n) is 20.2. The van der Waals surface area contributed by atoms with Crippen molar-refractivity contribution in [2.24, 2.45) is 50.2 Å². The van der Waals surface area contributed by atoms with Gasteiger partial charge in [-0.1, -0.05) is 53.2 Å². The monoisotopic (exact) mass is 750 g/mol. The number of hydrogen-bond donors (Lipinski definition) is 7. The van der Waals surface area contributed by atoms with Crippen LogP contribution in [0, 0.1) is 50.2 Å². The topological polar surface area (TPSA) is 196 Å². The second-order valence-corrected chi connectivity index (χ2v) is 20.0. The highest BCUT2D eigenvalue weighted by atomic mass is 16.8. The Bertz CT molecular complexity index is 1440. The number of hydrogen-bond acceptors (Lipinski definition) is 11. The molecular weight excluding hydrogens is 684 g/mol. The lowest BCUT2D eigenvalue weighted by atomic mass is 9.33. The Hall–Kier alpha value is -1.19. The summed E-state index contributed by atoms with van der Waals surface area (Å²) in [5.74, 6) is 0.0843. The molecule has 302 valence electrons. The van der Waals surface area contributed by atoms with Gasteiger partial charge in [-0.2, -0.15) is 0 Å². The fourth-order valence-corrected chi connectivity index (χ4v) is 13.4. The summed E-state index contributed by atoms with van der Waals surface area (Å²) in [7, 11) is 0. The normalized spacial score (nSPS) is 52.3. The molecule has 0 aromatic carbocycles. The van der Waals surface area contributed by atoms with Crippen molar-refractivity contribution in [3.63, 3.8) is 0 Å². The smallest absolute Gasteiger partial charge is 0.310 e. The molecule has 6 fully saturated rings. The SMILES string of the molecule is CC1OC(OC(C2OCC3(C)C(CCC4(C)C3CCC3(C)C4CC=C4C5CC(C)(C)CCC5(C(=O)O)CCC43C)O2)C(O)C(O)CO)C(O)C(O)C1O. The first kappa shape index (κ1) is 40.0. The highest BCUT2D eigenvalue weighted by molar-refractivity contribution is 5.76. The zero-order valence-corrected chi connectivity index (χ0v) is 32.7. The number of rotatable bonds is 7. The summed E-state index contributed by atoms with van der Waals surface area (Å²) in [5.41, 5.74) is 0.330. The molecule has 0 spiro atoms. The molecule has 7 aliphatic rings. The van der Waals surface area contributed by atoms with Crippen LogP contribution in [0.15, 0.2) is 11.6 Å². The third kappa shape index (κ3) is 5.85. The summed E-state index contributed by atoms with van der Waals surface area (Å²) in [4.78, 5) is 13.0. The lowest BCUT2D eigenvalue weighted by molar-refractivity contribution is -0.374. The molecule has 53 heavy (non-hydrogen) atoms. The number of allylic oxidation sites excluding steroid dienone is 2. The highest BCUT2D eigenvalue weighted by Gasteiger charge is 2.70. The minimum atomic E-state index is -1.68. The molecule has 18 atom stereocenters. The van der Waals surface area contributed by atoms with E-state index < -0.39 is 73.3 Å². The van der Waals surface area contributed by atoms with Crippen molar-refractivity contribution < 1.29 is 59.5 Å². The maximum absolute atomic E-state index is 13.0. The van der Waals surface area contributed by atoms with E-state index in [2.05, 4.69) is 47.6 Å². The minimum Gasteiger partial charge on any atom is -0.481 e. The Morgan fingerprint density at radius 2 is 1.58 bits per heavy atom. The predicted molar refractivity (Wildman–Crippen MR) is 192 cm³/mol. The van der Waals surface area contributed by atoms with Crippen molar-refractivity contribution in [3.8, 4) is 0 Å². The van der Waals surface area contributed by atoms with Crippen LogP contribution < -0.4 is 0 Å². The average molecular weight is 751 g/mol. The van der Waals surface area contributed by atoms with Crippen LogP contribution in [0.5, 0.6) is 0 Å². The molecule has 0 amide bonds. The van der Waals surface area contributed by atoms with E-state index in [1.165, 1.54) is 12.5 Å². The van der Waals surface area contributed by atoms with Gasteiger partial charge in [0.1, 0.15) is 36.6 Å².